The van der Waals surface area contributed by atoms with Crippen molar-refractivity contribution in [3.63, 3.8) is 0 Å². The third kappa shape index (κ3) is 10.2. The zero-order valence-corrected chi connectivity index (χ0v) is 30.8. The number of nitrogens with one attached hydrogen (secondary N) is 3. The number of anilines is 3. The van der Waals surface area contributed by atoms with Gasteiger partial charge in [-0.05, 0) is 113 Å². The average molecular weight is 713 g/mol. The monoisotopic (exact) mass is 712 g/mol. The average Bonchev–Trinajstić information content (AvgIpc) is 3.12. The van der Waals surface area contributed by atoms with Gasteiger partial charge in [0.05, 0.1) is 13.7 Å². The molecule has 0 saturated carbocycles. The van der Waals surface area contributed by atoms with Gasteiger partial charge in [-0.25, -0.2) is 14.2 Å². The highest BCUT2D eigenvalue weighted by Crippen LogP contribution is 2.42. The lowest BCUT2D eigenvalue weighted by atomic mass is 9.93. The SMILES string of the molecule is CCC(C)NC(=O)CCc1cc(OC)c(OC(=O)Nc2ccnc(Nc3ccc(OCC4CCCN(C)C4)c(F)c3)n2)c(-c2cccc(C)c2C)c1. The fraction of sp³-hybridized carbons (Fsp3) is 0.400. The van der Waals surface area contributed by atoms with Crippen LogP contribution in [0.4, 0.5) is 26.6 Å². The number of ether oxygens (including phenoxy) is 3. The molecule has 1 aliphatic heterocycles. The topological polar surface area (TPSA) is 127 Å². The molecule has 3 aromatic carbocycles. The molecular weight excluding hydrogens is 663 g/mol. The predicted molar refractivity (Wildman–Crippen MR) is 201 cm³/mol. The molecule has 2 atom stereocenters. The maximum absolute atomic E-state index is 15.0. The first-order valence-corrected chi connectivity index (χ1v) is 17.8. The summed E-state index contributed by atoms with van der Waals surface area (Å²) in [6, 6.07) is 15.8. The van der Waals surface area contributed by atoms with Crippen LogP contribution in [0, 0.1) is 25.6 Å². The Morgan fingerprint density at radius 3 is 2.65 bits per heavy atom. The highest BCUT2D eigenvalue weighted by molar-refractivity contribution is 5.89. The molecule has 0 spiro atoms. The number of carbonyl (C=O) groups is 2. The number of carbonyl (C=O) groups excluding carboxylic acids is 2. The number of rotatable bonds is 14. The third-order valence-corrected chi connectivity index (χ3v) is 9.35. The fourth-order valence-electron chi connectivity index (χ4n) is 6.16. The highest BCUT2D eigenvalue weighted by atomic mass is 19.1. The van der Waals surface area contributed by atoms with Gasteiger partial charge in [-0.2, -0.15) is 4.98 Å². The van der Waals surface area contributed by atoms with Crippen molar-refractivity contribution < 1.29 is 28.2 Å². The molecule has 2 unspecified atom stereocenters. The van der Waals surface area contributed by atoms with E-state index >= 15 is 0 Å². The van der Waals surface area contributed by atoms with Gasteiger partial charge >= 0.3 is 6.09 Å². The van der Waals surface area contributed by atoms with Crippen LogP contribution in [-0.2, 0) is 11.2 Å². The Kier molecular flexibility index (Phi) is 13.0. The van der Waals surface area contributed by atoms with Gasteiger partial charge in [0.2, 0.25) is 11.9 Å². The van der Waals surface area contributed by atoms with E-state index in [-0.39, 0.29) is 35.2 Å². The second-order valence-corrected chi connectivity index (χ2v) is 13.4. The van der Waals surface area contributed by atoms with Crippen LogP contribution in [0.25, 0.3) is 11.1 Å². The van der Waals surface area contributed by atoms with Crippen LogP contribution in [0.5, 0.6) is 17.2 Å². The molecule has 12 heteroatoms. The Morgan fingerprint density at radius 2 is 1.90 bits per heavy atom. The van der Waals surface area contributed by atoms with E-state index in [0.29, 0.717) is 42.4 Å². The summed E-state index contributed by atoms with van der Waals surface area (Å²) < 4.78 is 32.4. The van der Waals surface area contributed by atoms with Gasteiger partial charge in [-0.3, -0.25) is 10.1 Å². The number of piperidine rings is 1. The molecule has 1 fully saturated rings. The molecule has 11 nitrogen and oxygen atoms in total. The summed E-state index contributed by atoms with van der Waals surface area (Å²) >= 11 is 0. The van der Waals surface area contributed by atoms with Crippen LogP contribution in [0.3, 0.4) is 0 Å². The van der Waals surface area contributed by atoms with Gasteiger partial charge in [0.15, 0.2) is 23.1 Å². The molecule has 2 heterocycles. The molecule has 52 heavy (non-hydrogen) atoms. The first kappa shape index (κ1) is 38.0. The van der Waals surface area contributed by atoms with Crippen LogP contribution in [-0.4, -0.2) is 66.8 Å². The minimum atomic E-state index is -0.799. The summed E-state index contributed by atoms with van der Waals surface area (Å²) in [5.74, 6) is 0.898. The number of halogens is 1. The predicted octanol–water partition coefficient (Wildman–Crippen LogP) is 7.83. The number of amides is 2. The molecule has 4 aromatic rings. The van der Waals surface area contributed by atoms with Gasteiger partial charge in [-0.15, -0.1) is 0 Å². The summed E-state index contributed by atoms with van der Waals surface area (Å²) in [7, 11) is 3.59. The Balaban J connectivity index is 1.29. The number of benzene rings is 3. The summed E-state index contributed by atoms with van der Waals surface area (Å²) in [6.45, 7) is 10.5. The first-order valence-electron chi connectivity index (χ1n) is 17.8. The molecule has 5 rings (SSSR count). The number of likely N-dealkylation sites (tertiary alicyclic amines) is 1. The molecule has 3 N–H and O–H groups in total. The summed E-state index contributed by atoms with van der Waals surface area (Å²) in [6.07, 6.45) is 4.46. The highest BCUT2D eigenvalue weighted by Gasteiger charge is 2.22. The smallest absolute Gasteiger partial charge is 0.418 e. The van der Waals surface area contributed by atoms with E-state index in [0.717, 1.165) is 54.6 Å². The number of nitrogens with zero attached hydrogens (tertiary/aromatic N) is 3. The molecule has 1 aromatic heterocycles. The van der Waals surface area contributed by atoms with Gasteiger partial charge < -0.3 is 29.7 Å². The second-order valence-electron chi connectivity index (χ2n) is 13.4. The summed E-state index contributed by atoms with van der Waals surface area (Å²) in [5.41, 5.74) is 4.88. The van der Waals surface area contributed by atoms with Crippen LogP contribution in [0.15, 0.2) is 60.8 Å². The Hall–Kier alpha value is -5.23. The Labute approximate surface area is 305 Å². The van der Waals surface area contributed by atoms with Crippen molar-refractivity contribution in [2.75, 3.05) is 44.5 Å². The number of hydrogen-bond donors (Lipinski definition) is 3. The van der Waals surface area contributed by atoms with E-state index in [2.05, 4.69) is 37.9 Å². The van der Waals surface area contributed by atoms with E-state index in [1.807, 2.05) is 52.0 Å². The van der Waals surface area contributed by atoms with Crippen molar-refractivity contribution in [1.29, 1.82) is 0 Å². The molecule has 0 radical (unpaired) electrons. The molecule has 0 aliphatic carbocycles. The maximum atomic E-state index is 15.0. The largest absolute Gasteiger partial charge is 0.493 e. The van der Waals surface area contributed by atoms with Gasteiger partial charge in [0.25, 0.3) is 0 Å². The number of aromatic nitrogens is 2. The van der Waals surface area contributed by atoms with E-state index in [9.17, 15) is 14.0 Å². The standard InChI is InChI=1S/C40H49FN6O5/c1-7-26(3)43-37(48)16-13-28-20-32(31-12-8-10-25(2)27(31)4)38(35(21-28)50-6)52-40(49)46-36-17-18-42-39(45-36)44-30-14-15-34(33(41)22-30)51-24-29-11-9-19-47(5)23-29/h8,10,12,14-15,17-18,20-22,26,29H,7,9,11,13,16,19,23-24H2,1-6H3,(H,43,48)(H2,42,44,45,46,49). The molecule has 2 amide bonds. The van der Waals surface area contributed by atoms with Crippen LogP contribution in [0.2, 0.25) is 0 Å². The van der Waals surface area contributed by atoms with Crippen molar-refractivity contribution >= 4 is 29.5 Å². The zero-order chi connectivity index (χ0) is 37.2. The first-order chi connectivity index (χ1) is 25.0. The van der Waals surface area contributed by atoms with Crippen molar-refractivity contribution in [3.05, 3.63) is 83.3 Å². The molecule has 0 bridgehead atoms. The van der Waals surface area contributed by atoms with Gasteiger partial charge in [0.1, 0.15) is 5.82 Å². The molecular formula is C40H49FN6O5. The molecule has 276 valence electrons. The number of hydrogen-bond acceptors (Lipinski definition) is 9. The summed E-state index contributed by atoms with van der Waals surface area (Å²) in [5, 5.41) is 8.65. The third-order valence-electron chi connectivity index (χ3n) is 9.35. The van der Waals surface area contributed by atoms with E-state index in [1.165, 1.54) is 25.4 Å². The Morgan fingerprint density at radius 1 is 1.08 bits per heavy atom. The van der Waals surface area contributed by atoms with Crippen molar-refractivity contribution in [1.82, 2.24) is 20.2 Å². The zero-order valence-electron chi connectivity index (χ0n) is 30.8. The quantitative estimate of drug-likeness (QED) is 0.120. The van der Waals surface area contributed by atoms with Gasteiger partial charge in [-0.1, -0.05) is 25.1 Å². The lowest BCUT2D eigenvalue weighted by molar-refractivity contribution is -0.121. The van der Waals surface area contributed by atoms with E-state index in [4.69, 9.17) is 14.2 Å². The van der Waals surface area contributed by atoms with E-state index < -0.39 is 11.9 Å². The number of methoxy groups -OCH3 is 1. The second kappa shape index (κ2) is 17.8. The number of aryl methyl sites for hydroxylation is 2. The van der Waals surface area contributed by atoms with Gasteiger partial charge in [0, 0.05) is 48.4 Å². The van der Waals surface area contributed by atoms with Crippen LogP contribution in [0.1, 0.15) is 56.2 Å². The fourth-order valence-corrected chi connectivity index (χ4v) is 6.16. The normalized spacial score (nSPS) is 15.0. The molecule has 1 aliphatic rings. The summed E-state index contributed by atoms with van der Waals surface area (Å²) in [4.78, 5) is 36.8. The molecule has 1 saturated heterocycles. The van der Waals surface area contributed by atoms with Crippen LogP contribution >= 0.6 is 0 Å². The maximum Gasteiger partial charge on any atom is 0.418 e. The minimum Gasteiger partial charge on any atom is -0.493 e. The van der Waals surface area contributed by atoms with Crippen LogP contribution < -0.4 is 30.2 Å². The van der Waals surface area contributed by atoms with Crippen molar-refractivity contribution in [2.45, 2.75) is 65.8 Å². The lowest BCUT2D eigenvalue weighted by Gasteiger charge is -2.29. The van der Waals surface area contributed by atoms with Crippen molar-refractivity contribution in [3.8, 4) is 28.4 Å². The minimum absolute atomic E-state index is 0.0330. The Bertz CT molecular complexity index is 1870. The van der Waals surface area contributed by atoms with Crippen molar-refractivity contribution in [2.24, 2.45) is 5.92 Å². The van der Waals surface area contributed by atoms with E-state index in [1.54, 1.807) is 18.2 Å². The lowest BCUT2D eigenvalue weighted by Crippen LogP contribution is -2.34.